The summed E-state index contributed by atoms with van der Waals surface area (Å²) in [6.07, 6.45) is 2.36. The molecule has 4 rings (SSSR count). The fraction of sp³-hybridized carbons (Fsp3) is 0.350. The topological polar surface area (TPSA) is 87.6 Å². The van der Waals surface area contributed by atoms with Gasteiger partial charge in [0.05, 0.1) is 31.2 Å². The number of nitrogens with two attached hydrogens (primary N) is 1. The molecule has 0 aliphatic carbocycles. The Kier molecular flexibility index (Phi) is 5.79. The first-order valence-corrected chi connectivity index (χ1v) is 10.4. The number of ether oxygens (including phenoxy) is 2. The molecule has 0 saturated carbocycles. The molecule has 2 aromatic heterocycles. The first kappa shape index (κ1) is 19.8. The fourth-order valence-corrected chi connectivity index (χ4v) is 3.83. The third-order valence-corrected chi connectivity index (χ3v) is 5.48. The predicted molar refractivity (Wildman–Crippen MR) is 109 cm³/mol. The normalized spacial score (nSPS) is 24.2. The summed E-state index contributed by atoms with van der Waals surface area (Å²) in [6.45, 7) is 4.47. The summed E-state index contributed by atoms with van der Waals surface area (Å²) in [4.78, 5) is 8.42. The van der Waals surface area contributed by atoms with Crippen LogP contribution in [0, 0.1) is 5.92 Å². The average molecular weight is 415 g/mol. The van der Waals surface area contributed by atoms with E-state index in [4.69, 9.17) is 15.2 Å². The molecule has 0 radical (unpaired) electrons. The molecule has 0 bridgehead atoms. The fourth-order valence-electron chi connectivity index (χ4n) is 3.47. The number of alkyl halides is 1. The zero-order valence-corrected chi connectivity index (χ0v) is 16.8. The minimum atomic E-state index is -1.30. The van der Waals surface area contributed by atoms with E-state index in [1.807, 2.05) is 36.6 Å². The molecule has 9 heteroatoms. The minimum absolute atomic E-state index is 0.243. The number of anilines is 1. The molecule has 1 aliphatic heterocycles. The van der Waals surface area contributed by atoms with Crippen LogP contribution in [0.1, 0.15) is 17.4 Å². The number of benzene rings is 1. The van der Waals surface area contributed by atoms with Crippen molar-refractivity contribution in [2.45, 2.75) is 30.1 Å². The number of halogens is 1. The second kappa shape index (κ2) is 8.48. The second-order valence-electron chi connectivity index (χ2n) is 6.76. The Hall–Kier alpha value is -2.49. The summed E-state index contributed by atoms with van der Waals surface area (Å²) in [5.74, 6) is -0.257. The third-order valence-electron chi connectivity index (χ3n) is 4.94. The quantitative estimate of drug-likeness (QED) is 0.468. The van der Waals surface area contributed by atoms with Crippen molar-refractivity contribution in [3.05, 3.63) is 60.4 Å². The molecule has 29 heavy (non-hydrogen) atoms. The van der Waals surface area contributed by atoms with Crippen molar-refractivity contribution in [1.29, 1.82) is 0 Å². The van der Waals surface area contributed by atoms with Gasteiger partial charge >= 0.3 is 0 Å². The van der Waals surface area contributed by atoms with E-state index in [2.05, 4.69) is 21.6 Å². The smallest absolute Gasteiger partial charge is 0.209 e. The molecule has 1 aromatic carbocycles. The highest BCUT2D eigenvalue weighted by molar-refractivity contribution is 7.98. The van der Waals surface area contributed by atoms with E-state index in [0.717, 1.165) is 5.56 Å². The second-order valence-corrected chi connectivity index (χ2v) is 7.53. The van der Waals surface area contributed by atoms with Crippen molar-refractivity contribution in [1.82, 2.24) is 19.6 Å². The molecular formula is C20H22FN5O2S. The van der Waals surface area contributed by atoms with Crippen LogP contribution >= 0.6 is 11.8 Å². The monoisotopic (exact) mass is 415 g/mol. The summed E-state index contributed by atoms with van der Waals surface area (Å²) in [5.41, 5.74) is 7.89. The standard InChI is InChI=1S/C20H22FN5O2S/c1-3-13-15(11-27-10-12-7-5-4-6-8-12)28-17(16(13)21)14-9-23-19-18(22)24-20(29-2)25-26(14)19/h3-9,13,15-17H,1,10-11H2,2H3,(H2,22,24,25). The number of hydrogen-bond acceptors (Lipinski definition) is 7. The number of fused-ring (bicyclic) bond motifs is 1. The summed E-state index contributed by atoms with van der Waals surface area (Å²) >= 11 is 1.35. The Labute approximate surface area is 172 Å². The zero-order chi connectivity index (χ0) is 20.4. The summed E-state index contributed by atoms with van der Waals surface area (Å²) in [5, 5.41) is 4.87. The van der Waals surface area contributed by atoms with E-state index >= 15 is 4.39 Å². The van der Waals surface area contributed by atoms with Gasteiger partial charge in [0.1, 0.15) is 12.3 Å². The number of thioether (sulfide) groups is 1. The van der Waals surface area contributed by atoms with Gasteiger partial charge in [0, 0.05) is 5.92 Å². The molecule has 4 atom stereocenters. The van der Waals surface area contributed by atoms with Gasteiger partial charge in [-0.2, -0.15) is 0 Å². The number of rotatable bonds is 7. The number of hydrogen-bond donors (Lipinski definition) is 1. The summed E-state index contributed by atoms with van der Waals surface area (Å²) in [6, 6.07) is 9.81. The molecule has 3 aromatic rings. The SMILES string of the molecule is C=CC1C(COCc2ccccc2)OC(c2cnc3c(N)nc(SC)nn23)C1F. The number of imidazole rings is 1. The van der Waals surface area contributed by atoms with E-state index < -0.39 is 24.3 Å². The lowest BCUT2D eigenvalue weighted by molar-refractivity contribution is -0.0324. The molecule has 1 saturated heterocycles. The van der Waals surface area contributed by atoms with Gasteiger partial charge in [0.25, 0.3) is 0 Å². The molecular weight excluding hydrogens is 393 g/mol. The van der Waals surface area contributed by atoms with Crippen LogP contribution in [0.3, 0.4) is 0 Å². The summed E-state index contributed by atoms with van der Waals surface area (Å²) in [7, 11) is 0. The van der Waals surface area contributed by atoms with Gasteiger partial charge in [-0.15, -0.1) is 11.7 Å². The van der Waals surface area contributed by atoms with Crippen LogP contribution in [0.25, 0.3) is 5.65 Å². The third kappa shape index (κ3) is 3.85. The number of nitrogens with zero attached hydrogens (tertiary/aromatic N) is 4. The van der Waals surface area contributed by atoms with Crippen LogP contribution in [0.4, 0.5) is 10.2 Å². The molecule has 3 heterocycles. The van der Waals surface area contributed by atoms with Crippen LogP contribution in [-0.2, 0) is 16.1 Å². The van der Waals surface area contributed by atoms with E-state index in [1.54, 1.807) is 6.08 Å². The van der Waals surface area contributed by atoms with Crippen molar-refractivity contribution in [3.8, 4) is 0 Å². The van der Waals surface area contributed by atoms with Crippen molar-refractivity contribution < 1.29 is 13.9 Å². The Morgan fingerprint density at radius 3 is 2.90 bits per heavy atom. The molecule has 4 unspecified atom stereocenters. The highest BCUT2D eigenvalue weighted by Gasteiger charge is 2.45. The van der Waals surface area contributed by atoms with Gasteiger partial charge in [-0.1, -0.05) is 48.2 Å². The van der Waals surface area contributed by atoms with Crippen LogP contribution in [0.5, 0.6) is 0 Å². The van der Waals surface area contributed by atoms with E-state index in [1.165, 1.54) is 22.5 Å². The molecule has 152 valence electrons. The zero-order valence-electron chi connectivity index (χ0n) is 15.9. The molecule has 2 N–H and O–H groups in total. The number of aromatic nitrogens is 4. The lowest BCUT2D eigenvalue weighted by atomic mass is 9.97. The van der Waals surface area contributed by atoms with Gasteiger partial charge in [-0.3, -0.25) is 0 Å². The van der Waals surface area contributed by atoms with Gasteiger partial charge in [0.15, 0.2) is 11.5 Å². The molecule has 1 aliphatic rings. The number of nitrogen functional groups attached to an aromatic ring is 1. The van der Waals surface area contributed by atoms with E-state index in [9.17, 15) is 0 Å². The minimum Gasteiger partial charge on any atom is -0.380 e. The highest BCUT2D eigenvalue weighted by Crippen LogP contribution is 2.40. The van der Waals surface area contributed by atoms with Crippen molar-refractivity contribution in [2.24, 2.45) is 5.92 Å². The average Bonchev–Trinajstić information content (AvgIpc) is 3.29. The van der Waals surface area contributed by atoms with Gasteiger partial charge in [-0.25, -0.2) is 18.9 Å². The molecule has 0 spiro atoms. The van der Waals surface area contributed by atoms with Crippen LogP contribution < -0.4 is 5.73 Å². The highest BCUT2D eigenvalue weighted by atomic mass is 32.2. The predicted octanol–water partition coefficient (Wildman–Crippen LogP) is 3.23. The van der Waals surface area contributed by atoms with Crippen molar-refractivity contribution >= 4 is 23.2 Å². The van der Waals surface area contributed by atoms with E-state index in [0.29, 0.717) is 23.1 Å². The van der Waals surface area contributed by atoms with Crippen LogP contribution in [-0.4, -0.2) is 44.7 Å². The van der Waals surface area contributed by atoms with Crippen LogP contribution in [0.2, 0.25) is 0 Å². The van der Waals surface area contributed by atoms with E-state index in [-0.39, 0.29) is 12.4 Å². The van der Waals surface area contributed by atoms with Crippen LogP contribution in [0.15, 0.2) is 54.3 Å². The summed E-state index contributed by atoms with van der Waals surface area (Å²) < 4.78 is 28.6. The molecule has 1 fully saturated rings. The Balaban J connectivity index is 1.53. The lowest BCUT2D eigenvalue weighted by Crippen LogP contribution is -2.24. The maximum Gasteiger partial charge on any atom is 0.209 e. The maximum atomic E-state index is 15.3. The Morgan fingerprint density at radius 2 is 2.17 bits per heavy atom. The van der Waals surface area contributed by atoms with Crippen molar-refractivity contribution in [2.75, 3.05) is 18.6 Å². The largest absolute Gasteiger partial charge is 0.380 e. The Bertz CT molecular complexity index is 999. The van der Waals surface area contributed by atoms with Gasteiger partial charge < -0.3 is 15.2 Å². The molecule has 7 nitrogen and oxygen atoms in total. The first-order valence-electron chi connectivity index (χ1n) is 9.21. The molecule has 0 amide bonds. The van der Waals surface area contributed by atoms with Crippen molar-refractivity contribution in [3.63, 3.8) is 0 Å². The maximum absolute atomic E-state index is 15.3. The van der Waals surface area contributed by atoms with Gasteiger partial charge in [-0.05, 0) is 11.8 Å². The Morgan fingerprint density at radius 1 is 1.38 bits per heavy atom. The van der Waals surface area contributed by atoms with Gasteiger partial charge in [0.2, 0.25) is 5.16 Å². The first-order chi connectivity index (χ1) is 14.1. The lowest BCUT2D eigenvalue weighted by Gasteiger charge is -2.15.